The van der Waals surface area contributed by atoms with E-state index in [0.717, 1.165) is 0 Å². The van der Waals surface area contributed by atoms with Crippen molar-refractivity contribution in [3.8, 4) is 0 Å². The number of ether oxygens (including phenoxy) is 1. The first kappa shape index (κ1) is 16.2. The third-order valence-corrected chi connectivity index (χ3v) is 5.39. The first-order chi connectivity index (χ1) is 9.74. The van der Waals surface area contributed by atoms with Crippen molar-refractivity contribution in [2.45, 2.75) is 44.5 Å². The highest BCUT2D eigenvalue weighted by Crippen LogP contribution is 2.54. The predicted molar refractivity (Wildman–Crippen MR) is 77.3 cm³/mol. The van der Waals surface area contributed by atoms with Gasteiger partial charge in [0, 0.05) is 29.2 Å². The van der Waals surface area contributed by atoms with Gasteiger partial charge in [0.05, 0.1) is 25.4 Å². The molecule has 0 spiro atoms. The van der Waals surface area contributed by atoms with Crippen LogP contribution in [0.5, 0.6) is 0 Å². The number of aliphatic hydroxyl groups excluding tert-OH is 3. The molecular formula is C16H24O5. The van der Waals surface area contributed by atoms with Crippen LogP contribution in [0.2, 0.25) is 0 Å². The molecule has 0 aromatic rings. The summed E-state index contributed by atoms with van der Waals surface area (Å²) >= 11 is 0. The molecule has 0 radical (unpaired) electrons. The van der Waals surface area contributed by atoms with E-state index in [1.807, 2.05) is 6.92 Å². The average molecular weight is 296 g/mol. The summed E-state index contributed by atoms with van der Waals surface area (Å²) in [5.41, 5.74) is 0.217. The maximum atomic E-state index is 11.7. The summed E-state index contributed by atoms with van der Waals surface area (Å²) in [6.45, 7) is 9.54. The summed E-state index contributed by atoms with van der Waals surface area (Å²) in [7, 11) is 1.28. The number of fused-ring (bicyclic) bond motifs is 1. The molecule has 0 bridgehead atoms. The summed E-state index contributed by atoms with van der Waals surface area (Å²) in [6.07, 6.45) is -1.04. The molecule has 3 N–H and O–H groups in total. The molecule has 2 rings (SSSR count). The Morgan fingerprint density at radius 2 is 2.00 bits per heavy atom. The van der Waals surface area contributed by atoms with Crippen LogP contribution in [0.4, 0.5) is 0 Å². The Morgan fingerprint density at radius 1 is 1.38 bits per heavy atom. The minimum atomic E-state index is -0.910. The third kappa shape index (κ3) is 2.43. The first-order valence-electron chi connectivity index (χ1n) is 7.24. The number of carbonyl (C=O) groups excluding carboxylic acids is 1. The zero-order valence-electron chi connectivity index (χ0n) is 12.6. The highest BCUT2D eigenvalue weighted by molar-refractivity contribution is 5.88. The van der Waals surface area contributed by atoms with Crippen LogP contribution in [0.25, 0.3) is 0 Å². The molecule has 0 heterocycles. The molecule has 0 amide bonds. The molecule has 0 aliphatic heterocycles. The van der Waals surface area contributed by atoms with Crippen LogP contribution >= 0.6 is 0 Å². The second kappa shape index (κ2) is 5.55. The Balaban J connectivity index is 2.31. The van der Waals surface area contributed by atoms with E-state index in [1.165, 1.54) is 7.11 Å². The van der Waals surface area contributed by atoms with E-state index in [9.17, 15) is 20.1 Å². The van der Waals surface area contributed by atoms with Crippen molar-refractivity contribution in [2.24, 2.45) is 17.3 Å². The smallest absolute Gasteiger partial charge is 0.333 e. The van der Waals surface area contributed by atoms with Gasteiger partial charge in [0.2, 0.25) is 0 Å². The summed E-state index contributed by atoms with van der Waals surface area (Å²) in [5, 5.41) is 31.0. The third-order valence-electron chi connectivity index (χ3n) is 5.39. The van der Waals surface area contributed by atoms with E-state index < -0.39 is 41.5 Å². The topological polar surface area (TPSA) is 87.0 Å². The van der Waals surface area contributed by atoms with Crippen LogP contribution in [0.1, 0.15) is 26.2 Å². The minimum Gasteiger partial charge on any atom is -0.466 e. The maximum Gasteiger partial charge on any atom is 0.333 e. The molecular weight excluding hydrogens is 272 g/mol. The van der Waals surface area contributed by atoms with Gasteiger partial charge in [-0.3, -0.25) is 0 Å². The lowest BCUT2D eigenvalue weighted by Gasteiger charge is -2.54. The van der Waals surface area contributed by atoms with Gasteiger partial charge in [-0.1, -0.05) is 20.1 Å². The SMILES string of the molecule is C=C(C(=O)OC)C1CCC2(C)C(O)CC(O)C(=C)C2C1O. The molecule has 6 atom stereocenters. The zero-order chi connectivity index (χ0) is 15.9. The molecule has 5 heteroatoms. The molecule has 118 valence electrons. The lowest BCUT2D eigenvalue weighted by molar-refractivity contribution is -0.143. The number of hydrogen-bond donors (Lipinski definition) is 3. The lowest BCUT2D eigenvalue weighted by atomic mass is 9.53. The normalized spacial score (nSPS) is 43.1. The van der Waals surface area contributed by atoms with E-state index >= 15 is 0 Å². The molecule has 2 aliphatic rings. The Kier molecular flexibility index (Phi) is 4.29. The maximum absolute atomic E-state index is 11.7. The van der Waals surface area contributed by atoms with Crippen molar-refractivity contribution in [1.82, 2.24) is 0 Å². The van der Waals surface area contributed by atoms with Crippen LogP contribution in [0, 0.1) is 17.3 Å². The molecule has 2 saturated carbocycles. The van der Waals surface area contributed by atoms with Crippen LogP contribution in [0.3, 0.4) is 0 Å². The van der Waals surface area contributed by atoms with Gasteiger partial charge in [0.25, 0.3) is 0 Å². The summed E-state index contributed by atoms with van der Waals surface area (Å²) in [4.78, 5) is 11.7. The zero-order valence-corrected chi connectivity index (χ0v) is 12.6. The molecule has 5 nitrogen and oxygen atoms in total. The summed E-state index contributed by atoms with van der Waals surface area (Å²) < 4.78 is 4.67. The highest BCUT2D eigenvalue weighted by atomic mass is 16.5. The summed E-state index contributed by atoms with van der Waals surface area (Å²) in [5.74, 6) is -1.44. The fraction of sp³-hybridized carbons (Fsp3) is 0.688. The fourth-order valence-corrected chi connectivity index (χ4v) is 3.93. The van der Waals surface area contributed by atoms with Crippen LogP contribution in [0.15, 0.2) is 24.3 Å². The van der Waals surface area contributed by atoms with Crippen LogP contribution in [-0.2, 0) is 9.53 Å². The van der Waals surface area contributed by atoms with E-state index in [2.05, 4.69) is 17.9 Å². The number of carbonyl (C=O) groups is 1. The van der Waals surface area contributed by atoms with Crippen molar-refractivity contribution in [1.29, 1.82) is 0 Å². The minimum absolute atomic E-state index is 0.231. The van der Waals surface area contributed by atoms with E-state index in [4.69, 9.17) is 0 Å². The van der Waals surface area contributed by atoms with Gasteiger partial charge < -0.3 is 20.1 Å². The van der Waals surface area contributed by atoms with E-state index in [0.29, 0.717) is 18.4 Å². The monoisotopic (exact) mass is 296 g/mol. The van der Waals surface area contributed by atoms with Crippen molar-refractivity contribution in [3.63, 3.8) is 0 Å². The molecule has 0 saturated heterocycles. The largest absolute Gasteiger partial charge is 0.466 e. The van der Waals surface area contributed by atoms with Crippen molar-refractivity contribution >= 4 is 5.97 Å². The molecule has 6 unspecified atom stereocenters. The molecule has 0 aromatic carbocycles. The lowest BCUT2D eigenvalue weighted by Crippen LogP contribution is -2.57. The Hall–Kier alpha value is -1.17. The quantitative estimate of drug-likeness (QED) is 0.398. The van der Waals surface area contributed by atoms with Gasteiger partial charge >= 0.3 is 5.97 Å². The van der Waals surface area contributed by atoms with Gasteiger partial charge in [0.1, 0.15) is 0 Å². The second-order valence-electron chi connectivity index (χ2n) is 6.48. The van der Waals surface area contributed by atoms with Crippen molar-refractivity contribution in [2.75, 3.05) is 7.11 Å². The van der Waals surface area contributed by atoms with Gasteiger partial charge in [-0.15, -0.1) is 0 Å². The number of hydrogen-bond acceptors (Lipinski definition) is 5. The standard InChI is InChI=1S/C16H24O5/c1-8(15(20)21-4)10-5-6-16(3)12(18)7-11(17)9(2)13(16)14(10)19/h10-14,17-19H,1-2,5-7H2,3-4H3. The number of aliphatic hydroxyl groups is 3. The van der Waals surface area contributed by atoms with E-state index in [1.54, 1.807) is 0 Å². The molecule has 21 heavy (non-hydrogen) atoms. The molecule has 0 aromatic heterocycles. The average Bonchev–Trinajstić information content (AvgIpc) is 2.44. The van der Waals surface area contributed by atoms with Gasteiger partial charge in [-0.25, -0.2) is 4.79 Å². The second-order valence-corrected chi connectivity index (χ2v) is 6.48. The Labute approximate surface area is 124 Å². The van der Waals surface area contributed by atoms with E-state index in [-0.39, 0.29) is 12.0 Å². The highest BCUT2D eigenvalue weighted by Gasteiger charge is 2.55. The number of rotatable bonds is 2. The molecule has 2 fully saturated rings. The van der Waals surface area contributed by atoms with Crippen molar-refractivity contribution in [3.05, 3.63) is 24.3 Å². The number of esters is 1. The summed E-state index contributed by atoms with van der Waals surface area (Å²) in [6, 6.07) is 0. The van der Waals surface area contributed by atoms with Gasteiger partial charge in [-0.2, -0.15) is 0 Å². The Bertz CT molecular complexity index is 471. The first-order valence-corrected chi connectivity index (χ1v) is 7.24. The van der Waals surface area contributed by atoms with Crippen LogP contribution < -0.4 is 0 Å². The van der Waals surface area contributed by atoms with Gasteiger partial charge in [0.15, 0.2) is 0 Å². The number of methoxy groups -OCH3 is 1. The van der Waals surface area contributed by atoms with Gasteiger partial charge in [-0.05, 0) is 18.4 Å². The fourth-order valence-electron chi connectivity index (χ4n) is 3.93. The Morgan fingerprint density at radius 3 is 2.57 bits per heavy atom. The molecule has 2 aliphatic carbocycles. The van der Waals surface area contributed by atoms with Crippen LogP contribution in [-0.4, -0.2) is 46.7 Å². The van der Waals surface area contributed by atoms with Crippen molar-refractivity contribution < 1.29 is 24.9 Å². The predicted octanol–water partition coefficient (Wildman–Crippen LogP) is 0.791.